The van der Waals surface area contributed by atoms with Gasteiger partial charge in [0.1, 0.15) is 0 Å². The van der Waals surface area contributed by atoms with Crippen LogP contribution in [0.5, 0.6) is 0 Å². The number of thioether (sulfide) groups is 1. The minimum atomic E-state index is 0.573. The zero-order valence-electron chi connectivity index (χ0n) is 9.45. The lowest BCUT2D eigenvalue weighted by Gasteiger charge is -2.15. The molecule has 1 aromatic rings. The topological polar surface area (TPSA) is 24.9 Å². The average Bonchev–Trinajstić information content (AvgIpc) is 2.70. The van der Waals surface area contributed by atoms with Crippen LogP contribution in [0.2, 0.25) is 5.02 Å². The molecule has 0 saturated heterocycles. The SMILES string of the molecule is CCSC1CCC(Nc2ccncc2Cl)C1. The van der Waals surface area contributed by atoms with Crippen LogP contribution in [-0.4, -0.2) is 22.0 Å². The van der Waals surface area contributed by atoms with Crippen LogP contribution in [-0.2, 0) is 0 Å². The maximum Gasteiger partial charge on any atom is 0.0820 e. The van der Waals surface area contributed by atoms with Gasteiger partial charge in [0.15, 0.2) is 0 Å². The first-order valence-corrected chi connectivity index (χ1v) is 7.20. The molecule has 4 heteroatoms. The zero-order valence-corrected chi connectivity index (χ0v) is 11.0. The maximum atomic E-state index is 6.07. The van der Waals surface area contributed by atoms with E-state index >= 15 is 0 Å². The number of pyridine rings is 1. The number of nitrogens with one attached hydrogen (secondary N) is 1. The van der Waals surface area contributed by atoms with Crippen molar-refractivity contribution >= 4 is 29.1 Å². The fourth-order valence-corrected chi connectivity index (χ4v) is 3.49. The molecule has 1 N–H and O–H groups in total. The first kappa shape index (κ1) is 12.1. The highest BCUT2D eigenvalue weighted by Crippen LogP contribution is 2.32. The normalized spacial score (nSPS) is 24.6. The number of halogens is 1. The minimum absolute atomic E-state index is 0.573. The van der Waals surface area contributed by atoms with Crippen LogP contribution < -0.4 is 5.32 Å². The molecule has 0 bridgehead atoms. The van der Waals surface area contributed by atoms with Gasteiger partial charge in [0.05, 0.1) is 10.7 Å². The van der Waals surface area contributed by atoms with Crippen LogP contribution in [0, 0.1) is 0 Å². The van der Waals surface area contributed by atoms with Crippen molar-refractivity contribution in [2.75, 3.05) is 11.1 Å². The Morgan fingerprint density at radius 2 is 2.44 bits per heavy atom. The average molecular weight is 257 g/mol. The number of aromatic nitrogens is 1. The molecule has 1 saturated carbocycles. The highest BCUT2D eigenvalue weighted by molar-refractivity contribution is 7.99. The van der Waals surface area contributed by atoms with Crippen LogP contribution >= 0.6 is 23.4 Å². The lowest BCUT2D eigenvalue weighted by atomic mass is 10.2. The van der Waals surface area contributed by atoms with Crippen LogP contribution in [0.1, 0.15) is 26.2 Å². The maximum absolute atomic E-state index is 6.07. The second-order valence-electron chi connectivity index (χ2n) is 4.09. The highest BCUT2D eigenvalue weighted by Gasteiger charge is 2.24. The quantitative estimate of drug-likeness (QED) is 0.887. The standard InChI is InChI=1S/C12H17ClN2S/c1-2-16-10-4-3-9(7-10)15-12-5-6-14-8-11(12)13/h5-6,8-10H,2-4,7H2,1H3,(H,14,15). The molecule has 16 heavy (non-hydrogen) atoms. The zero-order chi connectivity index (χ0) is 11.4. The Kier molecular flexibility index (Phi) is 4.36. The molecule has 1 fully saturated rings. The van der Waals surface area contributed by atoms with Crippen molar-refractivity contribution in [2.24, 2.45) is 0 Å². The van der Waals surface area contributed by atoms with E-state index in [-0.39, 0.29) is 0 Å². The molecule has 0 aromatic carbocycles. The van der Waals surface area contributed by atoms with Gasteiger partial charge in [-0.15, -0.1) is 0 Å². The van der Waals surface area contributed by atoms with Gasteiger partial charge < -0.3 is 5.32 Å². The number of anilines is 1. The monoisotopic (exact) mass is 256 g/mol. The smallest absolute Gasteiger partial charge is 0.0820 e. The summed E-state index contributed by atoms with van der Waals surface area (Å²) in [7, 11) is 0. The van der Waals surface area contributed by atoms with E-state index in [0.29, 0.717) is 11.1 Å². The summed E-state index contributed by atoms with van der Waals surface area (Å²) in [5, 5.41) is 5.05. The lowest BCUT2D eigenvalue weighted by molar-refractivity contribution is 0.757. The molecule has 1 aliphatic rings. The first-order valence-electron chi connectivity index (χ1n) is 5.77. The summed E-state index contributed by atoms with van der Waals surface area (Å²) in [6.45, 7) is 2.23. The van der Waals surface area contributed by atoms with Gasteiger partial charge in [0, 0.05) is 23.7 Å². The molecule has 2 atom stereocenters. The van der Waals surface area contributed by atoms with E-state index in [1.807, 2.05) is 6.07 Å². The molecule has 1 aliphatic carbocycles. The van der Waals surface area contributed by atoms with Gasteiger partial charge >= 0.3 is 0 Å². The van der Waals surface area contributed by atoms with E-state index in [4.69, 9.17) is 11.6 Å². The molecule has 0 amide bonds. The third-order valence-corrected chi connectivity index (χ3v) is 4.45. The predicted octanol–water partition coefficient (Wildman–Crippen LogP) is 3.82. The van der Waals surface area contributed by atoms with Gasteiger partial charge in [-0.25, -0.2) is 0 Å². The molecule has 88 valence electrons. The van der Waals surface area contributed by atoms with E-state index < -0.39 is 0 Å². The van der Waals surface area contributed by atoms with Gasteiger partial charge in [-0.3, -0.25) is 4.98 Å². The Hall–Kier alpha value is -0.410. The van der Waals surface area contributed by atoms with Crippen molar-refractivity contribution in [1.82, 2.24) is 4.98 Å². The Morgan fingerprint density at radius 1 is 1.56 bits per heavy atom. The van der Waals surface area contributed by atoms with Crippen LogP contribution in [0.4, 0.5) is 5.69 Å². The van der Waals surface area contributed by atoms with Crippen LogP contribution in [0.25, 0.3) is 0 Å². The summed E-state index contributed by atoms with van der Waals surface area (Å²) in [5.41, 5.74) is 1.02. The number of hydrogen-bond donors (Lipinski definition) is 1. The van der Waals surface area contributed by atoms with Gasteiger partial charge in [0.2, 0.25) is 0 Å². The van der Waals surface area contributed by atoms with Crippen molar-refractivity contribution < 1.29 is 0 Å². The van der Waals surface area contributed by atoms with E-state index in [9.17, 15) is 0 Å². The minimum Gasteiger partial charge on any atom is -0.381 e. The summed E-state index contributed by atoms with van der Waals surface area (Å²) >= 11 is 8.14. The number of hydrogen-bond acceptors (Lipinski definition) is 3. The molecule has 0 radical (unpaired) electrons. The van der Waals surface area contributed by atoms with E-state index in [0.717, 1.165) is 10.9 Å². The Morgan fingerprint density at radius 3 is 3.19 bits per heavy atom. The van der Waals surface area contributed by atoms with Gasteiger partial charge in [-0.1, -0.05) is 18.5 Å². The third kappa shape index (κ3) is 3.05. The fourth-order valence-electron chi connectivity index (χ4n) is 2.17. The molecule has 2 nitrogen and oxygen atoms in total. The molecule has 1 aromatic heterocycles. The Balaban J connectivity index is 1.90. The lowest BCUT2D eigenvalue weighted by Crippen LogP contribution is -2.16. The highest BCUT2D eigenvalue weighted by atomic mass is 35.5. The van der Waals surface area contributed by atoms with E-state index in [1.54, 1.807) is 12.4 Å². The molecule has 0 spiro atoms. The van der Waals surface area contributed by atoms with Crippen molar-refractivity contribution in [1.29, 1.82) is 0 Å². The third-order valence-electron chi connectivity index (χ3n) is 2.92. The van der Waals surface area contributed by atoms with E-state index in [2.05, 4.69) is 29.0 Å². The summed E-state index contributed by atoms with van der Waals surface area (Å²) in [4.78, 5) is 3.99. The van der Waals surface area contributed by atoms with Gasteiger partial charge in [-0.05, 0) is 31.1 Å². The fraction of sp³-hybridized carbons (Fsp3) is 0.583. The summed E-state index contributed by atoms with van der Waals surface area (Å²) in [6, 6.07) is 2.52. The second-order valence-corrected chi connectivity index (χ2v) is 6.07. The summed E-state index contributed by atoms with van der Waals surface area (Å²) in [6.07, 6.45) is 7.28. The van der Waals surface area contributed by atoms with Crippen molar-refractivity contribution in [2.45, 2.75) is 37.5 Å². The number of rotatable bonds is 4. The second kappa shape index (κ2) is 5.78. The molecule has 0 aliphatic heterocycles. The van der Waals surface area contributed by atoms with Crippen molar-refractivity contribution in [3.8, 4) is 0 Å². The predicted molar refractivity (Wildman–Crippen MR) is 72.4 cm³/mol. The molecule has 2 rings (SSSR count). The number of nitrogens with zero attached hydrogens (tertiary/aromatic N) is 1. The summed E-state index contributed by atoms with van der Waals surface area (Å²) in [5.74, 6) is 1.22. The van der Waals surface area contributed by atoms with Crippen LogP contribution in [0.3, 0.4) is 0 Å². The summed E-state index contributed by atoms with van der Waals surface area (Å²) < 4.78 is 0. The van der Waals surface area contributed by atoms with Gasteiger partial charge in [-0.2, -0.15) is 11.8 Å². The van der Waals surface area contributed by atoms with Gasteiger partial charge in [0.25, 0.3) is 0 Å². The largest absolute Gasteiger partial charge is 0.381 e. The van der Waals surface area contributed by atoms with E-state index in [1.165, 1.54) is 25.0 Å². The van der Waals surface area contributed by atoms with Crippen molar-refractivity contribution in [3.05, 3.63) is 23.5 Å². The molecular formula is C12H17ClN2S. The molecule has 2 unspecified atom stereocenters. The Bertz CT molecular complexity index is 346. The molecule has 1 heterocycles. The first-order chi connectivity index (χ1) is 7.79. The Labute approximate surface area is 106 Å². The van der Waals surface area contributed by atoms with Crippen LogP contribution in [0.15, 0.2) is 18.5 Å². The molecular weight excluding hydrogens is 240 g/mol. The van der Waals surface area contributed by atoms with Crippen molar-refractivity contribution in [3.63, 3.8) is 0 Å².